The summed E-state index contributed by atoms with van der Waals surface area (Å²) in [6.07, 6.45) is 5.90. The standard InChI is InChI=1S/C22H25N5O4/c1-12-19(22(26-31-12)30-17-11-23-16-3-2-8-29-20(16)17)14-6-7-27-15(9-14)10-18(25-27)24-21(28)13-4-5-13/h6-7,9-10,13,16-17,20,23H,2-5,8,11H2,1H3,(H,24,25,28)/t16-,17?,20?/m1/s1. The molecule has 3 atom stereocenters. The summed E-state index contributed by atoms with van der Waals surface area (Å²) < 4.78 is 19.5. The Balaban J connectivity index is 1.27. The monoisotopic (exact) mass is 423 g/mol. The summed E-state index contributed by atoms with van der Waals surface area (Å²) in [5.74, 6) is 1.91. The van der Waals surface area contributed by atoms with Gasteiger partial charge in [-0.25, -0.2) is 4.52 Å². The molecule has 31 heavy (non-hydrogen) atoms. The van der Waals surface area contributed by atoms with Crippen molar-refractivity contribution in [3.63, 3.8) is 0 Å². The van der Waals surface area contributed by atoms with Gasteiger partial charge in [-0.05, 0) is 55.5 Å². The van der Waals surface area contributed by atoms with E-state index in [0.717, 1.165) is 55.5 Å². The number of aromatic nitrogens is 3. The first kappa shape index (κ1) is 18.8. The Morgan fingerprint density at radius 3 is 3.10 bits per heavy atom. The van der Waals surface area contributed by atoms with Crippen molar-refractivity contribution in [1.29, 1.82) is 0 Å². The van der Waals surface area contributed by atoms with Crippen molar-refractivity contribution in [2.45, 2.75) is 50.9 Å². The van der Waals surface area contributed by atoms with Crippen LogP contribution in [0.3, 0.4) is 0 Å². The Morgan fingerprint density at radius 1 is 1.32 bits per heavy atom. The van der Waals surface area contributed by atoms with Crippen LogP contribution in [0.25, 0.3) is 16.6 Å². The molecule has 0 bridgehead atoms. The van der Waals surface area contributed by atoms with Gasteiger partial charge in [-0.3, -0.25) is 4.79 Å². The lowest BCUT2D eigenvalue weighted by atomic mass is 10.0. The number of nitrogens with one attached hydrogen (secondary N) is 2. The number of amides is 1. The SMILES string of the molecule is Cc1onc(OC2CN[C@@H]3CCCOC23)c1-c1ccn2nc(NC(=O)C3CC3)cc2c1. The number of carbonyl (C=O) groups is 1. The first-order valence-corrected chi connectivity index (χ1v) is 10.9. The molecule has 2 saturated heterocycles. The molecule has 0 aromatic carbocycles. The minimum Gasteiger partial charge on any atom is -0.468 e. The molecule has 6 rings (SSSR count). The Bertz CT molecular complexity index is 1130. The number of hydrogen-bond donors (Lipinski definition) is 2. The van der Waals surface area contributed by atoms with Gasteiger partial charge in [0.15, 0.2) is 5.82 Å². The number of aryl methyl sites for hydroxylation is 1. The lowest BCUT2D eigenvalue weighted by molar-refractivity contribution is -0.117. The van der Waals surface area contributed by atoms with Crippen LogP contribution >= 0.6 is 0 Å². The van der Waals surface area contributed by atoms with Crippen molar-refractivity contribution in [1.82, 2.24) is 20.1 Å². The number of ether oxygens (including phenoxy) is 2. The highest BCUT2D eigenvalue weighted by atomic mass is 16.6. The predicted octanol–water partition coefficient (Wildman–Crippen LogP) is 2.54. The van der Waals surface area contributed by atoms with Gasteiger partial charge >= 0.3 is 0 Å². The van der Waals surface area contributed by atoms with Gasteiger partial charge in [0, 0.05) is 37.4 Å². The Hall–Kier alpha value is -2.91. The highest BCUT2D eigenvalue weighted by molar-refractivity contribution is 5.93. The predicted molar refractivity (Wildman–Crippen MR) is 112 cm³/mol. The normalized spacial score (nSPS) is 25.5. The third kappa shape index (κ3) is 3.47. The fraction of sp³-hybridized carbons (Fsp3) is 0.500. The van der Waals surface area contributed by atoms with Crippen LogP contribution in [0.4, 0.5) is 5.82 Å². The molecule has 2 N–H and O–H groups in total. The number of carbonyl (C=O) groups excluding carboxylic acids is 1. The Morgan fingerprint density at radius 2 is 2.23 bits per heavy atom. The summed E-state index contributed by atoms with van der Waals surface area (Å²) in [4.78, 5) is 12.0. The first-order chi connectivity index (χ1) is 15.2. The summed E-state index contributed by atoms with van der Waals surface area (Å²) >= 11 is 0. The third-order valence-electron chi connectivity index (χ3n) is 6.36. The van der Waals surface area contributed by atoms with Gasteiger partial charge in [0.1, 0.15) is 18.0 Å². The molecule has 2 aliphatic heterocycles. The molecule has 0 spiro atoms. The highest BCUT2D eigenvalue weighted by Crippen LogP contribution is 2.36. The van der Waals surface area contributed by atoms with Crippen molar-refractivity contribution in [3.05, 3.63) is 30.2 Å². The highest BCUT2D eigenvalue weighted by Gasteiger charge is 2.41. The van der Waals surface area contributed by atoms with Gasteiger partial charge in [0.2, 0.25) is 5.91 Å². The van der Waals surface area contributed by atoms with E-state index in [1.807, 2.05) is 31.3 Å². The van der Waals surface area contributed by atoms with Crippen molar-refractivity contribution in [2.24, 2.45) is 5.92 Å². The van der Waals surface area contributed by atoms with Gasteiger partial charge < -0.3 is 24.6 Å². The second-order valence-corrected chi connectivity index (χ2v) is 8.65. The molecular formula is C22H25N5O4. The maximum Gasteiger partial charge on any atom is 0.262 e. The van der Waals surface area contributed by atoms with E-state index in [4.69, 9.17) is 14.0 Å². The molecule has 162 valence electrons. The van der Waals surface area contributed by atoms with Crippen LogP contribution in [0.1, 0.15) is 31.4 Å². The minimum absolute atomic E-state index is 0.0357. The third-order valence-corrected chi connectivity index (χ3v) is 6.36. The van der Waals surface area contributed by atoms with E-state index in [0.29, 0.717) is 23.5 Å². The maximum atomic E-state index is 12.0. The van der Waals surface area contributed by atoms with Gasteiger partial charge in [0.25, 0.3) is 5.88 Å². The quantitative estimate of drug-likeness (QED) is 0.650. The number of hydrogen-bond acceptors (Lipinski definition) is 7. The van der Waals surface area contributed by atoms with E-state index >= 15 is 0 Å². The Labute approximate surface area is 179 Å². The van der Waals surface area contributed by atoms with E-state index in [1.165, 1.54) is 0 Å². The van der Waals surface area contributed by atoms with E-state index < -0.39 is 0 Å². The molecule has 3 aromatic rings. The van der Waals surface area contributed by atoms with Crippen LogP contribution in [0.2, 0.25) is 0 Å². The molecule has 9 nitrogen and oxygen atoms in total. The van der Waals surface area contributed by atoms with Crippen LogP contribution in [0.15, 0.2) is 28.9 Å². The van der Waals surface area contributed by atoms with Crippen molar-refractivity contribution < 1.29 is 18.8 Å². The largest absolute Gasteiger partial charge is 0.468 e. The lowest BCUT2D eigenvalue weighted by Gasteiger charge is -2.28. The zero-order chi connectivity index (χ0) is 20.9. The minimum atomic E-state index is -0.100. The second-order valence-electron chi connectivity index (χ2n) is 8.65. The zero-order valence-corrected chi connectivity index (χ0v) is 17.3. The van der Waals surface area contributed by atoms with Gasteiger partial charge in [-0.2, -0.15) is 5.10 Å². The maximum absolute atomic E-state index is 12.0. The molecule has 2 unspecified atom stereocenters. The van der Waals surface area contributed by atoms with Gasteiger partial charge in [-0.1, -0.05) is 0 Å². The number of anilines is 1. The molecule has 1 aliphatic carbocycles. The molecule has 0 radical (unpaired) electrons. The zero-order valence-electron chi connectivity index (χ0n) is 17.3. The summed E-state index contributed by atoms with van der Waals surface area (Å²) in [5, 5.41) is 15.0. The van der Waals surface area contributed by atoms with Crippen LogP contribution in [-0.4, -0.2) is 52.1 Å². The molecule has 9 heteroatoms. The molecule has 1 amide bonds. The van der Waals surface area contributed by atoms with E-state index in [1.54, 1.807) is 4.52 Å². The van der Waals surface area contributed by atoms with Crippen LogP contribution in [-0.2, 0) is 9.53 Å². The molecule has 5 heterocycles. The first-order valence-electron chi connectivity index (χ1n) is 10.9. The van der Waals surface area contributed by atoms with Crippen molar-refractivity contribution in [2.75, 3.05) is 18.5 Å². The van der Waals surface area contributed by atoms with E-state index in [2.05, 4.69) is 20.9 Å². The molecule has 1 saturated carbocycles. The number of fused-ring (bicyclic) bond motifs is 2. The fourth-order valence-electron chi connectivity index (χ4n) is 4.57. The molecule has 3 fully saturated rings. The number of pyridine rings is 1. The smallest absolute Gasteiger partial charge is 0.262 e. The van der Waals surface area contributed by atoms with Crippen molar-refractivity contribution >= 4 is 17.2 Å². The number of rotatable bonds is 5. The Kier molecular flexibility index (Phi) is 4.46. The van der Waals surface area contributed by atoms with Gasteiger partial charge in [0.05, 0.1) is 11.1 Å². The summed E-state index contributed by atoms with van der Waals surface area (Å²) in [5.41, 5.74) is 2.62. The molecular weight excluding hydrogens is 398 g/mol. The number of nitrogens with zero attached hydrogens (tertiary/aromatic N) is 3. The molecule has 3 aromatic heterocycles. The fourth-order valence-corrected chi connectivity index (χ4v) is 4.57. The lowest BCUT2D eigenvalue weighted by Crippen LogP contribution is -2.41. The van der Waals surface area contributed by atoms with Crippen LogP contribution in [0.5, 0.6) is 5.88 Å². The average Bonchev–Trinajstić information content (AvgIpc) is 3.30. The molecule has 3 aliphatic rings. The summed E-state index contributed by atoms with van der Waals surface area (Å²) in [6, 6.07) is 6.15. The van der Waals surface area contributed by atoms with E-state index in [9.17, 15) is 4.79 Å². The van der Waals surface area contributed by atoms with Gasteiger partial charge in [-0.15, -0.1) is 0 Å². The summed E-state index contributed by atoms with van der Waals surface area (Å²) in [7, 11) is 0. The van der Waals surface area contributed by atoms with Crippen LogP contribution < -0.4 is 15.4 Å². The van der Waals surface area contributed by atoms with E-state index in [-0.39, 0.29) is 24.0 Å². The van der Waals surface area contributed by atoms with Crippen molar-refractivity contribution in [3.8, 4) is 17.0 Å². The van der Waals surface area contributed by atoms with Crippen LogP contribution in [0, 0.1) is 12.8 Å². The summed E-state index contributed by atoms with van der Waals surface area (Å²) in [6.45, 7) is 3.38. The average molecular weight is 423 g/mol. The second kappa shape index (κ2) is 7.35. The topological polar surface area (TPSA) is 103 Å².